The minimum atomic E-state index is 0.00512. The van der Waals surface area contributed by atoms with Gasteiger partial charge in [-0.05, 0) is 49.9 Å². The molecule has 1 heterocycles. The number of carbonyl (C=O) groups is 2. The van der Waals surface area contributed by atoms with E-state index >= 15 is 0 Å². The summed E-state index contributed by atoms with van der Waals surface area (Å²) in [5.41, 5.74) is 0.657. The molecule has 1 aromatic carbocycles. The van der Waals surface area contributed by atoms with Crippen molar-refractivity contribution >= 4 is 11.7 Å². The predicted molar refractivity (Wildman–Crippen MR) is 87.8 cm³/mol. The van der Waals surface area contributed by atoms with Crippen LogP contribution in [0.2, 0.25) is 0 Å². The van der Waals surface area contributed by atoms with Crippen LogP contribution in [-0.2, 0) is 9.53 Å². The monoisotopic (exact) mass is 319 g/mol. The number of nitrogens with one attached hydrogen (secondary N) is 1. The van der Waals surface area contributed by atoms with Crippen LogP contribution in [0, 0.1) is 0 Å². The van der Waals surface area contributed by atoms with Gasteiger partial charge in [0.2, 0.25) is 5.91 Å². The minimum absolute atomic E-state index is 0.00512. The van der Waals surface area contributed by atoms with Crippen molar-refractivity contribution in [1.29, 1.82) is 0 Å². The average Bonchev–Trinajstić information content (AvgIpc) is 3.08. The van der Waals surface area contributed by atoms with Crippen LogP contribution in [0.4, 0.5) is 0 Å². The summed E-state index contributed by atoms with van der Waals surface area (Å²) >= 11 is 0. The minimum Gasteiger partial charge on any atom is -0.497 e. The van der Waals surface area contributed by atoms with Gasteiger partial charge >= 0.3 is 0 Å². The molecule has 0 saturated carbocycles. The second kappa shape index (κ2) is 9.30. The zero-order chi connectivity index (χ0) is 16.5. The van der Waals surface area contributed by atoms with E-state index in [-0.39, 0.29) is 11.7 Å². The molecular formula is C18H25NO4. The fraction of sp³-hybridized carbons (Fsp3) is 0.556. The molecule has 0 radical (unpaired) electrons. The number of hydrogen-bond acceptors (Lipinski definition) is 4. The Morgan fingerprint density at radius 3 is 2.70 bits per heavy atom. The lowest BCUT2D eigenvalue weighted by Gasteiger charge is -2.10. The second-order valence-corrected chi connectivity index (χ2v) is 5.78. The van der Waals surface area contributed by atoms with Crippen LogP contribution < -0.4 is 10.1 Å². The summed E-state index contributed by atoms with van der Waals surface area (Å²) in [4.78, 5) is 23.8. The van der Waals surface area contributed by atoms with E-state index in [1.54, 1.807) is 31.4 Å². The standard InChI is InChI=1S/C18H25NO4/c1-22-15-9-7-14(8-10-15)17(20)5-2-6-18(21)19-12-11-16-4-3-13-23-16/h7-10,16H,2-6,11-13H2,1H3,(H,19,21)/t16-/m0/s1. The number of ether oxygens (including phenoxy) is 2. The Morgan fingerprint density at radius 2 is 2.04 bits per heavy atom. The fourth-order valence-electron chi connectivity index (χ4n) is 2.66. The van der Waals surface area contributed by atoms with Crippen LogP contribution >= 0.6 is 0 Å². The van der Waals surface area contributed by atoms with Gasteiger partial charge in [0.15, 0.2) is 5.78 Å². The van der Waals surface area contributed by atoms with Gasteiger partial charge in [-0.1, -0.05) is 0 Å². The van der Waals surface area contributed by atoms with Crippen molar-refractivity contribution in [3.8, 4) is 5.75 Å². The molecule has 1 N–H and O–H groups in total. The van der Waals surface area contributed by atoms with Crippen LogP contribution in [0.1, 0.15) is 48.9 Å². The lowest BCUT2D eigenvalue weighted by molar-refractivity contribution is -0.121. The highest BCUT2D eigenvalue weighted by atomic mass is 16.5. The molecule has 1 aromatic rings. The number of hydrogen-bond donors (Lipinski definition) is 1. The molecule has 1 aliphatic rings. The summed E-state index contributed by atoms with van der Waals surface area (Å²) in [7, 11) is 1.59. The van der Waals surface area contributed by atoms with Gasteiger partial charge in [-0.15, -0.1) is 0 Å². The van der Waals surface area contributed by atoms with Gasteiger partial charge < -0.3 is 14.8 Å². The lowest BCUT2D eigenvalue weighted by Crippen LogP contribution is -2.26. The van der Waals surface area contributed by atoms with E-state index in [1.165, 1.54) is 0 Å². The van der Waals surface area contributed by atoms with Gasteiger partial charge in [0.05, 0.1) is 13.2 Å². The topological polar surface area (TPSA) is 64.6 Å². The quantitative estimate of drug-likeness (QED) is 0.711. The van der Waals surface area contributed by atoms with Gasteiger partial charge in [0.1, 0.15) is 5.75 Å². The molecule has 0 unspecified atom stereocenters. The normalized spacial score (nSPS) is 17.0. The van der Waals surface area contributed by atoms with Gasteiger partial charge in [-0.3, -0.25) is 9.59 Å². The van der Waals surface area contributed by atoms with Crippen molar-refractivity contribution in [2.45, 2.75) is 44.6 Å². The molecule has 5 heteroatoms. The summed E-state index contributed by atoms with van der Waals surface area (Å²) in [6.45, 7) is 1.49. The van der Waals surface area contributed by atoms with E-state index in [0.29, 0.717) is 37.5 Å². The molecule has 1 saturated heterocycles. The van der Waals surface area contributed by atoms with Crippen molar-refractivity contribution in [2.75, 3.05) is 20.3 Å². The smallest absolute Gasteiger partial charge is 0.220 e. The maximum absolute atomic E-state index is 12.0. The first-order valence-corrected chi connectivity index (χ1v) is 8.24. The molecule has 23 heavy (non-hydrogen) atoms. The van der Waals surface area contributed by atoms with E-state index in [1.807, 2.05) is 0 Å². The molecule has 1 aliphatic heterocycles. The zero-order valence-electron chi connectivity index (χ0n) is 13.7. The molecule has 126 valence electrons. The number of rotatable bonds is 9. The molecular weight excluding hydrogens is 294 g/mol. The number of benzene rings is 1. The Kier molecular flexibility index (Phi) is 7.07. The van der Waals surface area contributed by atoms with Gasteiger partial charge in [-0.2, -0.15) is 0 Å². The Balaban J connectivity index is 1.59. The van der Waals surface area contributed by atoms with Gasteiger partial charge in [0.25, 0.3) is 0 Å². The first-order chi connectivity index (χ1) is 11.2. The molecule has 0 bridgehead atoms. The number of Topliss-reactive ketones (excluding diaryl/α,β-unsaturated/α-hetero) is 1. The Bertz CT molecular complexity index is 506. The Morgan fingerprint density at radius 1 is 1.26 bits per heavy atom. The molecule has 5 nitrogen and oxygen atoms in total. The lowest BCUT2D eigenvalue weighted by atomic mass is 10.1. The number of amides is 1. The average molecular weight is 319 g/mol. The molecule has 0 aliphatic carbocycles. The summed E-state index contributed by atoms with van der Waals surface area (Å²) in [5, 5.41) is 2.89. The number of ketones is 1. The van der Waals surface area contributed by atoms with E-state index in [9.17, 15) is 9.59 Å². The highest BCUT2D eigenvalue weighted by Gasteiger charge is 2.15. The van der Waals surface area contributed by atoms with Gasteiger partial charge in [-0.25, -0.2) is 0 Å². The highest BCUT2D eigenvalue weighted by molar-refractivity contribution is 5.96. The zero-order valence-corrected chi connectivity index (χ0v) is 13.7. The van der Waals surface area contributed by atoms with Crippen LogP contribution in [0.15, 0.2) is 24.3 Å². The molecule has 0 spiro atoms. The number of methoxy groups -OCH3 is 1. The van der Waals surface area contributed by atoms with Crippen LogP contribution in [0.5, 0.6) is 5.75 Å². The first kappa shape index (κ1) is 17.5. The maximum atomic E-state index is 12.0. The highest BCUT2D eigenvalue weighted by Crippen LogP contribution is 2.15. The van der Waals surface area contributed by atoms with E-state index in [4.69, 9.17) is 9.47 Å². The SMILES string of the molecule is COc1ccc(C(=O)CCCC(=O)NCC[C@@H]2CCCO2)cc1. The summed E-state index contributed by atoms with van der Waals surface area (Å²) in [6.07, 6.45) is 4.71. The molecule has 0 aromatic heterocycles. The van der Waals surface area contributed by atoms with Crippen LogP contribution in [-0.4, -0.2) is 38.1 Å². The third-order valence-corrected chi connectivity index (χ3v) is 4.03. The largest absolute Gasteiger partial charge is 0.497 e. The third-order valence-electron chi connectivity index (χ3n) is 4.03. The number of carbonyl (C=O) groups excluding carboxylic acids is 2. The van der Waals surface area contributed by atoms with Crippen molar-refractivity contribution in [3.05, 3.63) is 29.8 Å². The van der Waals surface area contributed by atoms with Crippen molar-refractivity contribution in [2.24, 2.45) is 0 Å². The van der Waals surface area contributed by atoms with Gasteiger partial charge in [0, 0.05) is 31.6 Å². The van der Waals surface area contributed by atoms with Crippen molar-refractivity contribution in [3.63, 3.8) is 0 Å². The molecule has 2 rings (SSSR count). The summed E-state index contributed by atoms with van der Waals surface area (Å²) < 4.78 is 10.6. The second-order valence-electron chi connectivity index (χ2n) is 5.78. The van der Waals surface area contributed by atoms with E-state index < -0.39 is 0 Å². The van der Waals surface area contributed by atoms with Crippen molar-refractivity contribution < 1.29 is 19.1 Å². The summed E-state index contributed by atoms with van der Waals surface area (Å²) in [6, 6.07) is 7.04. The first-order valence-electron chi connectivity index (χ1n) is 8.24. The van der Waals surface area contributed by atoms with E-state index in [0.717, 1.165) is 31.6 Å². The van der Waals surface area contributed by atoms with Crippen LogP contribution in [0.3, 0.4) is 0 Å². The third kappa shape index (κ3) is 6.02. The van der Waals surface area contributed by atoms with Crippen molar-refractivity contribution in [1.82, 2.24) is 5.32 Å². The Hall–Kier alpha value is -1.88. The van der Waals surface area contributed by atoms with Crippen LogP contribution in [0.25, 0.3) is 0 Å². The fourth-order valence-corrected chi connectivity index (χ4v) is 2.66. The summed E-state index contributed by atoms with van der Waals surface area (Å²) in [5.74, 6) is 0.789. The molecule has 1 fully saturated rings. The Labute approximate surface area is 137 Å². The maximum Gasteiger partial charge on any atom is 0.220 e. The molecule has 1 amide bonds. The van der Waals surface area contributed by atoms with E-state index in [2.05, 4.69) is 5.32 Å². The molecule has 1 atom stereocenters. The predicted octanol–water partition coefficient (Wildman–Crippen LogP) is 2.73.